The summed E-state index contributed by atoms with van der Waals surface area (Å²) < 4.78 is 0. The second kappa shape index (κ2) is 7.54. The van der Waals surface area contributed by atoms with E-state index in [1.54, 1.807) is 0 Å². The number of nitrogens with one attached hydrogen (secondary N) is 1. The summed E-state index contributed by atoms with van der Waals surface area (Å²) in [4.78, 5) is 44.6. The van der Waals surface area contributed by atoms with E-state index in [1.807, 2.05) is 0 Å². The van der Waals surface area contributed by atoms with Crippen LogP contribution in [0.5, 0.6) is 0 Å². The third-order valence-electron chi connectivity index (χ3n) is 1.90. The minimum atomic E-state index is -1.34. The van der Waals surface area contributed by atoms with Gasteiger partial charge in [0.2, 0.25) is 11.8 Å². The van der Waals surface area contributed by atoms with Gasteiger partial charge in [0, 0.05) is 6.42 Å². The standard InChI is InChI=1S/C10H14N4O5/c1-2-3-6(9(17)18)13-10(19)14(4-7(11)15)5-8(12)16/h1,6H,3-5H2,(H2,11,15)(H2,12,16)(H,13,19)(H,17,18). The van der Waals surface area contributed by atoms with Gasteiger partial charge in [-0.25, -0.2) is 9.59 Å². The zero-order chi connectivity index (χ0) is 15.0. The maximum Gasteiger partial charge on any atom is 0.327 e. The normalized spacial score (nSPS) is 10.9. The second-order valence-corrected chi connectivity index (χ2v) is 3.54. The molecule has 0 radical (unpaired) electrons. The molecule has 0 heterocycles. The minimum absolute atomic E-state index is 0.248. The highest BCUT2D eigenvalue weighted by atomic mass is 16.4. The van der Waals surface area contributed by atoms with Crippen molar-refractivity contribution in [2.45, 2.75) is 12.5 Å². The van der Waals surface area contributed by atoms with Gasteiger partial charge < -0.3 is 26.8 Å². The molecule has 1 atom stereocenters. The third-order valence-corrected chi connectivity index (χ3v) is 1.90. The number of primary amides is 2. The number of nitrogens with two attached hydrogens (primary N) is 2. The van der Waals surface area contributed by atoms with E-state index in [-0.39, 0.29) is 6.42 Å². The first-order chi connectivity index (χ1) is 8.77. The number of amides is 4. The molecule has 0 fully saturated rings. The number of nitrogens with zero attached hydrogens (tertiary/aromatic N) is 1. The van der Waals surface area contributed by atoms with Crippen LogP contribution in [0.4, 0.5) is 4.79 Å². The van der Waals surface area contributed by atoms with Gasteiger partial charge in [-0.05, 0) is 0 Å². The van der Waals surface area contributed by atoms with E-state index in [1.165, 1.54) is 0 Å². The van der Waals surface area contributed by atoms with Crippen LogP contribution in [0, 0.1) is 12.3 Å². The highest BCUT2D eigenvalue weighted by Gasteiger charge is 2.24. The van der Waals surface area contributed by atoms with Gasteiger partial charge in [-0.1, -0.05) is 0 Å². The van der Waals surface area contributed by atoms with Crippen molar-refractivity contribution < 1.29 is 24.3 Å². The van der Waals surface area contributed by atoms with Crippen molar-refractivity contribution in [1.82, 2.24) is 10.2 Å². The number of carbonyl (C=O) groups excluding carboxylic acids is 3. The number of hydrogen-bond donors (Lipinski definition) is 4. The summed E-state index contributed by atoms with van der Waals surface area (Å²) in [6.07, 6.45) is 4.71. The molecule has 0 aliphatic carbocycles. The summed E-state index contributed by atoms with van der Waals surface area (Å²) in [5.74, 6) is -1.02. The Bertz CT molecular complexity index is 412. The van der Waals surface area contributed by atoms with Gasteiger partial charge in [0.15, 0.2) is 0 Å². The van der Waals surface area contributed by atoms with E-state index in [9.17, 15) is 19.2 Å². The quantitative estimate of drug-likeness (QED) is 0.374. The van der Waals surface area contributed by atoms with Crippen LogP contribution in [0.3, 0.4) is 0 Å². The lowest BCUT2D eigenvalue weighted by Crippen LogP contribution is -2.52. The van der Waals surface area contributed by atoms with Crippen molar-refractivity contribution in [2.24, 2.45) is 11.5 Å². The monoisotopic (exact) mass is 270 g/mol. The molecule has 6 N–H and O–H groups in total. The molecule has 0 saturated carbocycles. The molecule has 0 saturated heterocycles. The van der Waals surface area contributed by atoms with Crippen LogP contribution in [0.25, 0.3) is 0 Å². The third kappa shape index (κ3) is 6.52. The van der Waals surface area contributed by atoms with Crippen molar-refractivity contribution in [2.75, 3.05) is 13.1 Å². The lowest BCUT2D eigenvalue weighted by molar-refractivity contribution is -0.139. The molecular formula is C10H14N4O5. The van der Waals surface area contributed by atoms with Gasteiger partial charge in [-0.3, -0.25) is 9.59 Å². The smallest absolute Gasteiger partial charge is 0.327 e. The Kier molecular flexibility index (Phi) is 6.45. The number of carboxylic acid groups (broad SMARTS) is 1. The predicted molar refractivity (Wildman–Crippen MR) is 63.4 cm³/mol. The zero-order valence-corrected chi connectivity index (χ0v) is 9.96. The molecular weight excluding hydrogens is 256 g/mol. The predicted octanol–water partition coefficient (Wildman–Crippen LogP) is -2.55. The molecule has 0 aliphatic rings. The molecule has 19 heavy (non-hydrogen) atoms. The highest BCUT2D eigenvalue weighted by molar-refractivity contribution is 5.89. The summed E-state index contributed by atoms with van der Waals surface area (Å²) in [7, 11) is 0. The molecule has 0 spiro atoms. The topological polar surface area (TPSA) is 156 Å². The van der Waals surface area contributed by atoms with Crippen LogP contribution in [-0.4, -0.2) is 53.0 Å². The molecule has 0 aromatic carbocycles. The summed E-state index contributed by atoms with van der Waals surface area (Å²) in [6.45, 7) is -1.14. The first kappa shape index (κ1) is 16.2. The maximum atomic E-state index is 11.7. The van der Waals surface area contributed by atoms with Crippen molar-refractivity contribution in [3.63, 3.8) is 0 Å². The van der Waals surface area contributed by atoms with Gasteiger partial charge >= 0.3 is 12.0 Å². The maximum absolute atomic E-state index is 11.7. The lowest BCUT2D eigenvalue weighted by atomic mass is 10.2. The lowest BCUT2D eigenvalue weighted by Gasteiger charge is -2.22. The number of urea groups is 1. The van der Waals surface area contributed by atoms with Gasteiger partial charge in [0.05, 0.1) is 0 Å². The summed E-state index contributed by atoms with van der Waals surface area (Å²) in [6, 6.07) is -2.30. The summed E-state index contributed by atoms with van der Waals surface area (Å²) in [5, 5.41) is 10.8. The molecule has 1 unspecified atom stereocenters. The largest absolute Gasteiger partial charge is 0.480 e. The number of terminal acetylenes is 1. The molecule has 4 amide bonds. The Morgan fingerprint density at radius 3 is 2.00 bits per heavy atom. The fourth-order valence-electron chi connectivity index (χ4n) is 1.13. The van der Waals surface area contributed by atoms with E-state index in [0.29, 0.717) is 4.90 Å². The van der Waals surface area contributed by atoms with Crippen LogP contribution in [0.2, 0.25) is 0 Å². The Morgan fingerprint density at radius 2 is 1.68 bits per heavy atom. The molecule has 9 nitrogen and oxygen atoms in total. The summed E-state index contributed by atoms with van der Waals surface area (Å²) >= 11 is 0. The fourth-order valence-corrected chi connectivity index (χ4v) is 1.13. The van der Waals surface area contributed by atoms with E-state index in [0.717, 1.165) is 0 Å². The van der Waals surface area contributed by atoms with Gasteiger partial charge in [-0.2, -0.15) is 0 Å². The zero-order valence-electron chi connectivity index (χ0n) is 9.96. The first-order valence-corrected chi connectivity index (χ1v) is 5.06. The Balaban J connectivity index is 4.78. The fraction of sp³-hybridized carbons (Fsp3) is 0.400. The SMILES string of the molecule is C#CCC(NC(=O)N(CC(N)=O)CC(N)=O)C(=O)O. The number of aliphatic carboxylic acids is 1. The number of carboxylic acids is 1. The van der Waals surface area contributed by atoms with Gasteiger partial charge in [-0.15, -0.1) is 12.3 Å². The molecule has 0 aliphatic heterocycles. The van der Waals surface area contributed by atoms with Gasteiger partial charge in [0.1, 0.15) is 19.1 Å². The Labute approximate surface area is 108 Å². The van der Waals surface area contributed by atoms with E-state index in [4.69, 9.17) is 23.0 Å². The van der Waals surface area contributed by atoms with Crippen LogP contribution in [-0.2, 0) is 14.4 Å². The van der Waals surface area contributed by atoms with Crippen LogP contribution < -0.4 is 16.8 Å². The van der Waals surface area contributed by atoms with E-state index >= 15 is 0 Å². The highest BCUT2D eigenvalue weighted by Crippen LogP contribution is 1.95. The first-order valence-electron chi connectivity index (χ1n) is 5.06. The Morgan fingerprint density at radius 1 is 1.21 bits per heavy atom. The average molecular weight is 270 g/mol. The van der Waals surface area contributed by atoms with Gasteiger partial charge in [0.25, 0.3) is 0 Å². The van der Waals surface area contributed by atoms with Crippen LogP contribution in [0.15, 0.2) is 0 Å². The Hall–Kier alpha value is -2.76. The molecule has 0 aromatic heterocycles. The van der Waals surface area contributed by atoms with E-state index in [2.05, 4.69) is 11.2 Å². The average Bonchev–Trinajstić information content (AvgIpc) is 2.25. The van der Waals surface area contributed by atoms with Crippen molar-refractivity contribution in [1.29, 1.82) is 0 Å². The van der Waals surface area contributed by atoms with Crippen molar-refractivity contribution in [3.05, 3.63) is 0 Å². The molecule has 104 valence electrons. The molecule has 0 rings (SSSR count). The molecule has 0 aromatic rings. The van der Waals surface area contributed by atoms with Crippen LogP contribution in [0.1, 0.15) is 6.42 Å². The second-order valence-electron chi connectivity index (χ2n) is 3.54. The number of rotatable bonds is 7. The van der Waals surface area contributed by atoms with Crippen LogP contribution >= 0.6 is 0 Å². The summed E-state index contributed by atoms with van der Waals surface area (Å²) in [5.41, 5.74) is 9.79. The van der Waals surface area contributed by atoms with Crippen molar-refractivity contribution in [3.8, 4) is 12.3 Å². The minimum Gasteiger partial charge on any atom is -0.480 e. The number of carbonyl (C=O) groups is 4. The number of hydrogen-bond acceptors (Lipinski definition) is 4. The molecule has 9 heteroatoms. The van der Waals surface area contributed by atoms with Crippen molar-refractivity contribution >= 4 is 23.8 Å². The van der Waals surface area contributed by atoms with E-state index < -0.39 is 42.9 Å². The molecule has 0 bridgehead atoms.